The number of benzene rings is 1. The Morgan fingerprint density at radius 3 is 2.47 bits per heavy atom. The molecule has 1 amide bonds. The zero-order chi connectivity index (χ0) is 21.3. The number of hydrogen-bond donors (Lipinski definition) is 1. The second kappa shape index (κ2) is 8.97. The lowest BCUT2D eigenvalue weighted by Crippen LogP contribution is -3.15. The van der Waals surface area contributed by atoms with Gasteiger partial charge in [0.05, 0.1) is 31.1 Å². The molecule has 1 aromatic carbocycles. The van der Waals surface area contributed by atoms with Gasteiger partial charge in [-0.2, -0.15) is 4.31 Å². The van der Waals surface area contributed by atoms with Gasteiger partial charge >= 0.3 is 0 Å². The van der Waals surface area contributed by atoms with Crippen LogP contribution in [0.3, 0.4) is 0 Å². The molecule has 4 rings (SSSR count). The highest BCUT2D eigenvalue weighted by molar-refractivity contribution is 7.89. The number of hydrogen-bond acceptors (Lipinski definition) is 3. The van der Waals surface area contributed by atoms with Crippen molar-refractivity contribution in [3.05, 3.63) is 29.3 Å². The van der Waals surface area contributed by atoms with Gasteiger partial charge in [-0.05, 0) is 57.1 Å². The molecule has 2 heterocycles. The van der Waals surface area contributed by atoms with Crippen molar-refractivity contribution in [2.45, 2.75) is 63.3 Å². The van der Waals surface area contributed by atoms with Crippen LogP contribution in [-0.2, 0) is 14.8 Å². The fourth-order valence-corrected chi connectivity index (χ4v) is 7.34. The number of likely N-dealkylation sites (tertiary alicyclic amines) is 1. The van der Waals surface area contributed by atoms with Crippen LogP contribution < -0.4 is 4.90 Å². The number of piperidine rings is 1. The molecule has 6 nitrogen and oxygen atoms in total. The lowest BCUT2D eigenvalue weighted by atomic mass is 9.78. The minimum absolute atomic E-state index is 0.271. The molecule has 1 aromatic rings. The number of nitrogens with one attached hydrogen (secondary N) is 1. The molecule has 1 aliphatic carbocycles. The molecule has 30 heavy (non-hydrogen) atoms. The summed E-state index contributed by atoms with van der Waals surface area (Å²) < 4.78 is 27.8. The Balaban J connectivity index is 1.35. The largest absolute Gasteiger partial charge is 0.335 e. The first-order valence-electron chi connectivity index (χ1n) is 11.6. The summed E-state index contributed by atoms with van der Waals surface area (Å²) in [5.41, 5.74) is 1.87. The lowest BCUT2D eigenvalue weighted by molar-refractivity contribution is -0.896. The van der Waals surface area contributed by atoms with Crippen molar-refractivity contribution in [1.82, 2.24) is 9.21 Å². The highest BCUT2D eigenvalue weighted by Gasteiger charge is 2.38. The molecular weight excluding hydrogens is 398 g/mol. The van der Waals surface area contributed by atoms with Crippen LogP contribution in [0.5, 0.6) is 0 Å². The van der Waals surface area contributed by atoms with E-state index in [-0.39, 0.29) is 5.91 Å². The molecule has 1 saturated carbocycles. The van der Waals surface area contributed by atoms with Crippen LogP contribution in [-0.4, -0.2) is 68.8 Å². The van der Waals surface area contributed by atoms with Crippen LogP contribution in [0.2, 0.25) is 0 Å². The molecule has 3 aliphatic rings. The van der Waals surface area contributed by atoms with E-state index in [9.17, 15) is 13.2 Å². The smallest absolute Gasteiger partial charge is 0.278 e. The van der Waals surface area contributed by atoms with Crippen LogP contribution in [0, 0.1) is 19.8 Å². The third-order valence-corrected chi connectivity index (χ3v) is 9.40. The van der Waals surface area contributed by atoms with Crippen molar-refractivity contribution in [3.8, 4) is 0 Å². The van der Waals surface area contributed by atoms with Gasteiger partial charge in [-0.1, -0.05) is 30.5 Å². The fraction of sp³-hybridized carbons (Fsp3) is 0.696. The third kappa shape index (κ3) is 4.43. The van der Waals surface area contributed by atoms with Gasteiger partial charge in [-0.3, -0.25) is 4.79 Å². The van der Waals surface area contributed by atoms with Gasteiger partial charge in [0.2, 0.25) is 10.0 Å². The Bertz CT molecular complexity index is 876. The monoisotopic (exact) mass is 434 g/mol. The van der Waals surface area contributed by atoms with Gasteiger partial charge < -0.3 is 9.80 Å². The Hall–Kier alpha value is -1.44. The molecule has 2 atom stereocenters. The molecule has 0 unspecified atom stereocenters. The summed E-state index contributed by atoms with van der Waals surface area (Å²) in [5.74, 6) is 0.971. The van der Waals surface area contributed by atoms with Crippen LogP contribution in [0.25, 0.3) is 0 Å². The summed E-state index contributed by atoms with van der Waals surface area (Å²) in [6.45, 7) is 7.57. The van der Waals surface area contributed by atoms with Gasteiger partial charge in [-0.15, -0.1) is 0 Å². The van der Waals surface area contributed by atoms with Gasteiger partial charge in [0.15, 0.2) is 6.54 Å². The van der Waals surface area contributed by atoms with Crippen molar-refractivity contribution in [3.63, 3.8) is 0 Å². The van der Waals surface area contributed by atoms with Crippen molar-refractivity contribution in [1.29, 1.82) is 0 Å². The first kappa shape index (κ1) is 21.8. The SMILES string of the molecule is Cc1ccc(S(=O)(=O)N2CC[NH+](CC(=O)N3CCC[C@@H]4CCCC[C@H]43)CC2)c(C)c1. The minimum Gasteiger partial charge on any atom is -0.335 e. The molecule has 2 aliphatic heterocycles. The highest BCUT2D eigenvalue weighted by atomic mass is 32.2. The van der Waals surface area contributed by atoms with E-state index in [2.05, 4.69) is 4.90 Å². The standard InChI is InChI=1S/C23H35N3O3S/c1-18-9-10-22(19(2)16-18)30(28,29)25-14-12-24(13-15-25)17-23(27)26-11-5-7-20-6-3-4-8-21(20)26/h9-10,16,20-21H,3-8,11-15,17H2,1-2H3/p+1/t20-,21+/m0/s1. The van der Waals surface area contributed by atoms with Crippen molar-refractivity contribution < 1.29 is 18.1 Å². The maximum atomic E-state index is 13.1. The number of amides is 1. The van der Waals surface area contributed by atoms with E-state index in [1.807, 2.05) is 26.0 Å². The molecule has 3 fully saturated rings. The summed E-state index contributed by atoms with van der Waals surface area (Å²) in [6, 6.07) is 5.95. The summed E-state index contributed by atoms with van der Waals surface area (Å²) in [4.78, 5) is 16.9. The summed E-state index contributed by atoms with van der Waals surface area (Å²) in [7, 11) is -3.47. The number of nitrogens with zero attached hydrogens (tertiary/aromatic N) is 2. The van der Waals surface area contributed by atoms with Crippen LogP contribution in [0.15, 0.2) is 23.1 Å². The number of carbonyl (C=O) groups is 1. The maximum Gasteiger partial charge on any atom is 0.278 e. The molecule has 7 heteroatoms. The van der Waals surface area contributed by atoms with E-state index in [4.69, 9.17) is 0 Å². The summed E-state index contributed by atoms with van der Waals surface area (Å²) in [6.07, 6.45) is 7.39. The van der Waals surface area contributed by atoms with Crippen LogP contribution in [0.4, 0.5) is 0 Å². The number of carbonyl (C=O) groups excluding carboxylic acids is 1. The molecular formula is C23H36N3O3S+. The number of sulfonamides is 1. The van der Waals surface area contributed by atoms with Gasteiger partial charge in [0, 0.05) is 12.6 Å². The number of piperazine rings is 1. The Labute approximate surface area is 181 Å². The van der Waals surface area contributed by atoms with Gasteiger partial charge in [0.1, 0.15) is 0 Å². The molecule has 1 N–H and O–H groups in total. The Morgan fingerprint density at radius 1 is 1.03 bits per heavy atom. The van der Waals surface area contributed by atoms with Crippen LogP contribution in [0.1, 0.15) is 49.7 Å². The van der Waals surface area contributed by atoms with Gasteiger partial charge in [-0.25, -0.2) is 8.42 Å². The summed E-state index contributed by atoms with van der Waals surface area (Å²) >= 11 is 0. The molecule has 0 aromatic heterocycles. The van der Waals surface area contributed by atoms with E-state index < -0.39 is 10.0 Å². The van der Waals surface area contributed by atoms with E-state index in [0.717, 1.165) is 30.5 Å². The molecule has 166 valence electrons. The number of quaternary nitrogens is 1. The first-order chi connectivity index (χ1) is 14.4. The topological polar surface area (TPSA) is 62.1 Å². The number of rotatable bonds is 4. The second-order valence-electron chi connectivity index (χ2n) is 9.44. The average Bonchev–Trinajstić information content (AvgIpc) is 2.73. The first-order valence-corrected chi connectivity index (χ1v) is 13.0. The molecule has 0 radical (unpaired) electrons. The zero-order valence-corrected chi connectivity index (χ0v) is 19.2. The minimum atomic E-state index is -3.47. The van der Waals surface area contributed by atoms with E-state index in [0.29, 0.717) is 49.6 Å². The normalized spacial score (nSPS) is 26.4. The van der Waals surface area contributed by atoms with E-state index in [1.165, 1.54) is 30.6 Å². The second-order valence-corrected chi connectivity index (χ2v) is 11.3. The number of fused-ring (bicyclic) bond motifs is 1. The van der Waals surface area contributed by atoms with Crippen molar-refractivity contribution in [2.24, 2.45) is 5.92 Å². The van der Waals surface area contributed by atoms with Crippen molar-refractivity contribution >= 4 is 15.9 Å². The quantitative estimate of drug-likeness (QED) is 0.779. The van der Waals surface area contributed by atoms with Crippen molar-refractivity contribution in [2.75, 3.05) is 39.3 Å². The maximum absolute atomic E-state index is 13.1. The Morgan fingerprint density at radius 2 is 1.73 bits per heavy atom. The molecule has 2 saturated heterocycles. The fourth-order valence-electron chi connectivity index (χ4n) is 5.70. The van der Waals surface area contributed by atoms with Gasteiger partial charge in [0.25, 0.3) is 5.91 Å². The average molecular weight is 435 g/mol. The zero-order valence-electron chi connectivity index (χ0n) is 18.4. The van der Waals surface area contributed by atoms with E-state index >= 15 is 0 Å². The predicted molar refractivity (Wildman–Crippen MR) is 117 cm³/mol. The number of aryl methyl sites for hydroxylation is 2. The Kier molecular flexibility index (Phi) is 6.51. The van der Waals surface area contributed by atoms with Crippen LogP contribution >= 0.6 is 0 Å². The highest BCUT2D eigenvalue weighted by Crippen LogP contribution is 2.35. The third-order valence-electron chi connectivity index (χ3n) is 7.34. The predicted octanol–water partition coefficient (Wildman–Crippen LogP) is 1.37. The molecule has 0 spiro atoms. The lowest BCUT2D eigenvalue weighted by Gasteiger charge is -2.44. The molecule has 0 bridgehead atoms. The summed E-state index contributed by atoms with van der Waals surface area (Å²) in [5, 5.41) is 0. The van der Waals surface area contributed by atoms with E-state index in [1.54, 1.807) is 10.4 Å².